The number of rotatable bonds is 4. The lowest BCUT2D eigenvalue weighted by Crippen LogP contribution is -2.28. The predicted molar refractivity (Wildman–Crippen MR) is 64.9 cm³/mol. The second-order valence-electron chi connectivity index (χ2n) is 3.73. The molecule has 82 valence electrons. The summed E-state index contributed by atoms with van der Waals surface area (Å²) >= 11 is 0. The van der Waals surface area contributed by atoms with Crippen molar-refractivity contribution >= 4 is 5.84 Å². The monoisotopic (exact) mass is 205 g/mol. The Morgan fingerprint density at radius 2 is 1.93 bits per heavy atom. The van der Waals surface area contributed by atoms with Crippen molar-refractivity contribution in [3.63, 3.8) is 0 Å². The Bertz CT molecular complexity index is 317. The van der Waals surface area contributed by atoms with Gasteiger partial charge in [-0.15, -0.1) is 0 Å². The maximum absolute atomic E-state index is 5.93. The van der Waals surface area contributed by atoms with Crippen LogP contribution in [0.3, 0.4) is 0 Å². The number of aliphatic imine (C=N–C) groups is 1. The first-order valence-electron chi connectivity index (χ1n) is 5.20. The lowest BCUT2D eigenvalue weighted by Gasteiger charge is -2.19. The topological polar surface area (TPSA) is 41.6 Å². The summed E-state index contributed by atoms with van der Waals surface area (Å²) in [5, 5.41) is 0. The first kappa shape index (κ1) is 11.7. The number of nitrogens with zero attached hydrogens (tertiary/aromatic N) is 2. The molecule has 0 aliphatic rings. The molecule has 0 bridgehead atoms. The summed E-state index contributed by atoms with van der Waals surface area (Å²) in [6, 6.07) is 9.85. The Hall–Kier alpha value is -1.35. The smallest absolute Gasteiger partial charge is 0.127 e. The summed E-state index contributed by atoms with van der Waals surface area (Å²) in [7, 11) is 4.02. The van der Waals surface area contributed by atoms with Crippen molar-refractivity contribution in [1.29, 1.82) is 0 Å². The van der Waals surface area contributed by atoms with Gasteiger partial charge < -0.3 is 5.73 Å². The van der Waals surface area contributed by atoms with E-state index in [1.54, 1.807) is 0 Å². The van der Waals surface area contributed by atoms with E-state index in [4.69, 9.17) is 5.73 Å². The summed E-state index contributed by atoms with van der Waals surface area (Å²) in [6.45, 7) is 2.10. The predicted octanol–water partition coefficient (Wildman–Crippen LogP) is 1.69. The Kier molecular flexibility index (Phi) is 4.31. The second-order valence-corrected chi connectivity index (χ2v) is 3.73. The van der Waals surface area contributed by atoms with Gasteiger partial charge in [0.05, 0.1) is 0 Å². The van der Waals surface area contributed by atoms with Gasteiger partial charge in [0.25, 0.3) is 0 Å². The van der Waals surface area contributed by atoms with Crippen LogP contribution in [0.15, 0.2) is 35.3 Å². The summed E-state index contributed by atoms with van der Waals surface area (Å²) in [4.78, 5) is 6.55. The largest absolute Gasteiger partial charge is 0.383 e. The van der Waals surface area contributed by atoms with E-state index in [-0.39, 0.29) is 6.17 Å². The molecule has 0 aliphatic heterocycles. The van der Waals surface area contributed by atoms with E-state index < -0.39 is 0 Å². The van der Waals surface area contributed by atoms with Crippen LogP contribution in [-0.2, 0) is 0 Å². The Balaban J connectivity index is 2.83. The molecule has 0 aromatic heterocycles. The zero-order chi connectivity index (χ0) is 11.3. The molecule has 3 nitrogen and oxygen atoms in total. The number of benzene rings is 1. The summed E-state index contributed by atoms with van der Waals surface area (Å²) in [6.07, 6.45) is 1.12. The van der Waals surface area contributed by atoms with Crippen molar-refractivity contribution in [3.05, 3.63) is 35.9 Å². The zero-order valence-corrected chi connectivity index (χ0v) is 9.64. The van der Waals surface area contributed by atoms with E-state index in [1.807, 2.05) is 44.4 Å². The van der Waals surface area contributed by atoms with Crippen LogP contribution >= 0.6 is 0 Å². The molecule has 1 unspecified atom stereocenters. The number of hydrogen-bond donors (Lipinski definition) is 1. The minimum atomic E-state index is 0.158. The second kappa shape index (κ2) is 5.51. The molecule has 0 spiro atoms. The van der Waals surface area contributed by atoms with Crippen LogP contribution < -0.4 is 5.73 Å². The third kappa shape index (κ3) is 3.36. The quantitative estimate of drug-likeness (QED) is 0.600. The highest BCUT2D eigenvalue weighted by Crippen LogP contribution is 2.04. The van der Waals surface area contributed by atoms with Gasteiger partial charge >= 0.3 is 0 Å². The molecule has 1 atom stereocenters. The van der Waals surface area contributed by atoms with Gasteiger partial charge in [-0.3, -0.25) is 4.90 Å². The molecule has 1 rings (SSSR count). The van der Waals surface area contributed by atoms with Crippen LogP contribution in [0.5, 0.6) is 0 Å². The molecule has 0 saturated heterocycles. The fourth-order valence-electron chi connectivity index (χ4n) is 1.42. The van der Waals surface area contributed by atoms with E-state index in [9.17, 15) is 0 Å². The third-order valence-corrected chi connectivity index (χ3v) is 2.32. The highest BCUT2D eigenvalue weighted by molar-refractivity contribution is 5.97. The SMILES string of the molecule is CCC(/N=C(\N)c1ccccc1)N(C)C. The fraction of sp³-hybridized carbons (Fsp3) is 0.417. The lowest BCUT2D eigenvalue weighted by molar-refractivity contribution is 0.295. The van der Waals surface area contributed by atoms with Gasteiger partial charge in [-0.2, -0.15) is 0 Å². The highest BCUT2D eigenvalue weighted by atomic mass is 15.2. The Morgan fingerprint density at radius 3 is 2.40 bits per heavy atom. The van der Waals surface area contributed by atoms with E-state index in [2.05, 4.69) is 16.8 Å². The Morgan fingerprint density at radius 1 is 1.33 bits per heavy atom. The first-order chi connectivity index (χ1) is 7.15. The molecule has 3 heteroatoms. The van der Waals surface area contributed by atoms with Crippen molar-refractivity contribution in [2.45, 2.75) is 19.5 Å². The zero-order valence-electron chi connectivity index (χ0n) is 9.64. The maximum atomic E-state index is 5.93. The van der Waals surface area contributed by atoms with Crippen LogP contribution in [0, 0.1) is 0 Å². The first-order valence-corrected chi connectivity index (χ1v) is 5.20. The molecule has 0 aliphatic carbocycles. The van der Waals surface area contributed by atoms with Crippen LogP contribution in [0.1, 0.15) is 18.9 Å². The fourth-order valence-corrected chi connectivity index (χ4v) is 1.42. The van der Waals surface area contributed by atoms with E-state index >= 15 is 0 Å². The van der Waals surface area contributed by atoms with E-state index in [0.717, 1.165) is 12.0 Å². The van der Waals surface area contributed by atoms with Crippen LogP contribution in [0.2, 0.25) is 0 Å². The average molecular weight is 205 g/mol. The van der Waals surface area contributed by atoms with Crippen molar-refractivity contribution in [1.82, 2.24) is 4.90 Å². The highest BCUT2D eigenvalue weighted by Gasteiger charge is 2.07. The lowest BCUT2D eigenvalue weighted by atomic mass is 10.2. The Labute approximate surface area is 91.6 Å². The van der Waals surface area contributed by atoms with E-state index in [1.165, 1.54) is 0 Å². The van der Waals surface area contributed by atoms with Crippen LogP contribution in [0.25, 0.3) is 0 Å². The molecule has 0 radical (unpaired) electrons. The molecule has 2 N–H and O–H groups in total. The summed E-state index contributed by atoms with van der Waals surface area (Å²) in [5.41, 5.74) is 6.92. The van der Waals surface area contributed by atoms with Crippen LogP contribution in [0.4, 0.5) is 0 Å². The molecule has 15 heavy (non-hydrogen) atoms. The standard InChI is InChI=1S/C12H19N3/c1-4-11(15(2)3)14-12(13)10-8-6-5-7-9-10/h5-9,11H,4H2,1-3H3,(H2,13,14). The van der Waals surface area contributed by atoms with Gasteiger partial charge in [-0.25, -0.2) is 4.99 Å². The van der Waals surface area contributed by atoms with Crippen molar-refractivity contribution in [2.75, 3.05) is 14.1 Å². The third-order valence-electron chi connectivity index (χ3n) is 2.32. The molecule has 1 aromatic carbocycles. The average Bonchev–Trinajstić information content (AvgIpc) is 2.26. The number of hydrogen-bond acceptors (Lipinski definition) is 2. The van der Waals surface area contributed by atoms with Gasteiger partial charge in [0, 0.05) is 5.56 Å². The molecule has 0 heterocycles. The summed E-state index contributed by atoms with van der Waals surface area (Å²) in [5.74, 6) is 0.608. The molecular formula is C12H19N3. The van der Waals surface area contributed by atoms with Crippen molar-refractivity contribution < 1.29 is 0 Å². The minimum absolute atomic E-state index is 0.158. The number of nitrogens with two attached hydrogens (primary N) is 1. The summed E-state index contributed by atoms with van der Waals surface area (Å²) < 4.78 is 0. The van der Waals surface area contributed by atoms with Crippen molar-refractivity contribution in [3.8, 4) is 0 Å². The maximum Gasteiger partial charge on any atom is 0.127 e. The van der Waals surface area contributed by atoms with Gasteiger partial charge in [0.15, 0.2) is 0 Å². The van der Waals surface area contributed by atoms with Gasteiger partial charge in [-0.05, 0) is 20.5 Å². The van der Waals surface area contributed by atoms with E-state index in [0.29, 0.717) is 5.84 Å². The molecule has 0 saturated carbocycles. The minimum Gasteiger partial charge on any atom is -0.383 e. The van der Waals surface area contributed by atoms with Crippen molar-refractivity contribution in [2.24, 2.45) is 10.7 Å². The van der Waals surface area contributed by atoms with Gasteiger partial charge in [0.1, 0.15) is 12.0 Å². The molecule has 0 amide bonds. The molecule has 0 fully saturated rings. The molecule has 1 aromatic rings. The van der Waals surface area contributed by atoms with Gasteiger partial charge in [-0.1, -0.05) is 37.3 Å². The van der Waals surface area contributed by atoms with Crippen LogP contribution in [-0.4, -0.2) is 31.0 Å². The number of amidine groups is 1. The molecular weight excluding hydrogens is 186 g/mol. The normalized spacial score (nSPS) is 14.3. The van der Waals surface area contributed by atoms with Gasteiger partial charge in [0.2, 0.25) is 0 Å².